The normalized spacial score (nSPS) is 11.0. The van der Waals surface area contributed by atoms with Gasteiger partial charge in [0.2, 0.25) is 10.0 Å². The summed E-state index contributed by atoms with van der Waals surface area (Å²) in [5.74, 6) is 0. The summed E-state index contributed by atoms with van der Waals surface area (Å²) in [6.45, 7) is 1.93. The van der Waals surface area contributed by atoms with Gasteiger partial charge in [-0.2, -0.15) is 5.26 Å². The van der Waals surface area contributed by atoms with Gasteiger partial charge in [-0.05, 0) is 36.8 Å². The van der Waals surface area contributed by atoms with Gasteiger partial charge in [0, 0.05) is 6.20 Å². The van der Waals surface area contributed by atoms with Crippen molar-refractivity contribution in [2.45, 2.75) is 18.4 Å². The fourth-order valence-electron chi connectivity index (χ4n) is 1.81. The summed E-state index contributed by atoms with van der Waals surface area (Å²) in [7, 11) is -3.76. The number of nitrogens with one attached hydrogen (secondary N) is 1. The van der Waals surface area contributed by atoms with Gasteiger partial charge in [0.05, 0.1) is 29.6 Å². The lowest BCUT2D eigenvalue weighted by Gasteiger charge is -2.10. The Hall–Kier alpha value is -2.43. The summed E-state index contributed by atoms with van der Waals surface area (Å²) in [5.41, 5.74) is 7.59. The van der Waals surface area contributed by atoms with Crippen LogP contribution in [0.3, 0.4) is 0 Å². The molecule has 0 bridgehead atoms. The van der Waals surface area contributed by atoms with E-state index in [-0.39, 0.29) is 17.1 Å². The van der Waals surface area contributed by atoms with Crippen LogP contribution >= 0.6 is 0 Å². The number of hydrogen-bond acceptors (Lipinski definition) is 5. The molecule has 0 saturated heterocycles. The molecule has 7 heteroatoms. The lowest BCUT2D eigenvalue weighted by atomic mass is 10.2. The quantitative estimate of drug-likeness (QED) is 0.828. The van der Waals surface area contributed by atoms with E-state index in [9.17, 15) is 8.42 Å². The van der Waals surface area contributed by atoms with E-state index in [2.05, 4.69) is 9.71 Å². The maximum absolute atomic E-state index is 12.2. The zero-order valence-corrected chi connectivity index (χ0v) is 12.2. The monoisotopic (exact) mass is 302 g/mol. The van der Waals surface area contributed by atoms with Gasteiger partial charge >= 0.3 is 0 Å². The Kier molecular flexibility index (Phi) is 4.21. The van der Waals surface area contributed by atoms with Crippen LogP contribution in [-0.2, 0) is 16.6 Å². The molecule has 108 valence electrons. The van der Waals surface area contributed by atoms with E-state index < -0.39 is 10.0 Å². The first-order valence-corrected chi connectivity index (χ1v) is 7.62. The molecule has 0 aliphatic rings. The summed E-state index contributed by atoms with van der Waals surface area (Å²) >= 11 is 0. The van der Waals surface area contributed by atoms with E-state index in [1.165, 1.54) is 18.2 Å². The van der Waals surface area contributed by atoms with Crippen molar-refractivity contribution in [3.05, 3.63) is 53.3 Å². The number of aromatic nitrogens is 1. The number of pyridine rings is 1. The molecule has 0 radical (unpaired) electrons. The van der Waals surface area contributed by atoms with Gasteiger partial charge in [-0.15, -0.1) is 0 Å². The molecule has 1 aromatic heterocycles. The fourth-order valence-corrected chi connectivity index (χ4v) is 2.91. The topological polar surface area (TPSA) is 109 Å². The summed E-state index contributed by atoms with van der Waals surface area (Å²) in [5, 5.41) is 8.76. The van der Waals surface area contributed by atoms with Gasteiger partial charge in [-0.25, -0.2) is 13.1 Å². The minimum Gasteiger partial charge on any atom is -0.398 e. The van der Waals surface area contributed by atoms with E-state index in [0.29, 0.717) is 11.3 Å². The van der Waals surface area contributed by atoms with Gasteiger partial charge in [0.15, 0.2) is 0 Å². The predicted octanol–water partition coefficient (Wildman–Crippen LogP) is 1.32. The van der Waals surface area contributed by atoms with Gasteiger partial charge in [-0.1, -0.05) is 6.07 Å². The predicted molar refractivity (Wildman–Crippen MR) is 78.6 cm³/mol. The first-order chi connectivity index (χ1) is 9.94. The maximum atomic E-state index is 12.2. The molecule has 21 heavy (non-hydrogen) atoms. The molecule has 2 aromatic rings. The molecule has 0 atom stereocenters. The number of anilines is 1. The highest BCUT2D eigenvalue weighted by Gasteiger charge is 2.18. The number of nitrogen functional groups attached to an aromatic ring is 1. The van der Waals surface area contributed by atoms with Crippen molar-refractivity contribution < 1.29 is 8.42 Å². The smallest absolute Gasteiger partial charge is 0.242 e. The van der Waals surface area contributed by atoms with Crippen molar-refractivity contribution in [3.63, 3.8) is 0 Å². The second-order valence-corrected chi connectivity index (χ2v) is 6.19. The Labute approximate surface area is 123 Å². The lowest BCUT2D eigenvalue weighted by molar-refractivity contribution is 0.580. The molecule has 3 N–H and O–H groups in total. The second-order valence-electron chi connectivity index (χ2n) is 4.46. The first-order valence-electron chi connectivity index (χ1n) is 6.14. The lowest BCUT2D eigenvalue weighted by Crippen LogP contribution is -2.25. The van der Waals surface area contributed by atoms with Crippen molar-refractivity contribution in [2.75, 3.05) is 5.73 Å². The molecular formula is C14H14N4O2S. The standard InChI is InChI=1S/C14H14N4O2S/c1-10-3-2-6-17-13(10)9-18-21(19,20)14-5-4-11(8-15)7-12(14)16/h2-7,18H,9,16H2,1H3. The van der Waals surface area contributed by atoms with E-state index in [1.807, 2.05) is 19.1 Å². The average molecular weight is 302 g/mol. The van der Waals surface area contributed by atoms with Crippen LogP contribution in [0.25, 0.3) is 0 Å². The van der Waals surface area contributed by atoms with Crippen LogP contribution in [0.2, 0.25) is 0 Å². The number of aryl methyl sites for hydroxylation is 1. The van der Waals surface area contributed by atoms with E-state index in [1.54, 1.807) is 12.3 Å². The van der Waals surface area contributed by atoms with Crippen LogP contribution in [0.15, 0.2) is 41.4 Å². The minimum absolute atomic E-state index is 0.0410. The van der Waals surface area contributed by atoms with Crippen LogP contribution in [0.1, 0.15) is 16.8 Å². The largest absolute Gasteiger partial charge is 0.398 e. The van der Waals surface area contributed by atoms with E-state index in [4.69, 9.17) is 11.0 Å². The van der Waals surface area contributed by atoms with Crippen molar-refractivity contribution in [1.29, 1.82) is 5.26 Å². The highest BCUT2D eigenvalue weighted by Crippen LogP contribution is 2.19. The van der Waals surface area contributed by atoms with Crippen LogP contribution in [0, 0.1) is 18.3 Å². The molecule has 1 aromatic carbocycles. The Bertz CT molecular complexity index is 810. The molecule has 0 saturated carbocycles. The van der Waals surface area contributed by atoms with Crippen LogP contribution in [0.4, 0.5) is 5.69 Å². The molecule has 0 spiro atoms. The molecule has 0 amide bonds. The molecule has 0 aliphatic heterocycles. The van der Waals surface area contributed by atoms with Crippen molar-refractivity contribution in [1.82, 2.24) is 9.71 Å². The molecule has 6 nitrogen and oxygen atoms in total. The van der Waals surface area contributed by atoms with Gasteiger partial charge in [0.25, 0.3) is 0 Å². The zero-order valence-electron chi connectivity index (χ0n) is 11.4. The highest BCUT2D eigenvalue weighted by atomic mass is 32.2. The summed E-state index contributed by atoms with van der Waals surface area (Å²) in [4.78, 5) is 4.08. The number of nitriles is 1. The summed E-state index contributed by atoms with van der Waals surface area (Å²) in [6, 6.07) is 9.61. The molecule has 0 fully saturated rings. The number of hydrogen-bond donors (Lipinski definition) is 2. The average Bonchev–Trinajstić information content (AvgIpc) is 2.46. The zero-order chi connectivity index (χ0) is 15.5. The van der Waals surface area contributed by atoms with E-state index in [0.717, 1.165) is 5.56 Å². The number of nitrogens with zero attached hydrogens (tertiary/aromatic N) is 2. The Morgan fingerprint density at radius 1 is 1.38 bits per heavy atom. The van der Waals surface area contributed by atoms with Gasteiger partial charge in [-0.3, -0.25) is 4.98 Å². The minimum atomic E-state index is -3.76. The number of sulfonamides is 1. The Balaban J connectivity index is 2.24. The molecule has 0 unspecified atom stereocenters. The Morgan fingerprint density at radius 2 is 2.14 bits per heavy atom. The number of rotatable bonds is 4. The van der Waals surface area contributed by atoms with Crippen LogP contribution in [-0.4, -0.2) is 13.4 Å². The third kappa shape index (κ3) is 3.37. The molecular weight excluding hydrogens is 288 g/mol. The SMILES string of the molecule is Cc1cccnc1CNS(=O)(=O)c1ccc(C#N)cc1N. The second kappa shape index (κ2) is 5.91. The number of nitrogens with two attached hydrogens (primary N) is 1. The third-order valence-electron chi connectivity index (χ3n) is 2.98. The van der Waals surface area contributed by atoms with Crippen LogP contribution < -0.4 is 10.5 Å². The van der Waals surface area contributed by atoms with E-state index >= 15 is 0 Å². The maximum Gasteiger partial charge on any atom is 0.242 e. The van der Waals surface area contributed by atoms with Crippen LogP contribution in [0.5, 0.6) is 0 Å². The van der Waals surface area contributed by atoms with Crippen molar-refractivity contribution >= 4 is 15.7 Å². The number of benzene rings is 1. The fraction of sp³-hybridized carbons (Fsp3) is 0.143. The Morgan fingerprint density at radius 3 is 2.76 bits per heavy atom. The van der Waals surface area contributed by atoms with Crippen molar-refractivity contribution in [2.24, 2.45) is 0 Å². The summed E-state index contributed by atoms with van der Waals surface area (Å²) < 4.78 is 26.9. The molecule has 0 aliphatic carbocycles. The highest BCUT2D eigenvalue weighted by molar-refractivity contribution is 7.89. The summed E-state index contributed by atoms with van der Waals surface area (Å²) in [6.07, 6.45) is 1.60. The molecule has 2 rings (SSSR count). The van der Waals surface area contributed by atoms with Gasteiger partial charge in [0.1, 0.15) is 4.90 Å². The third-order valence-corrected chi connectivity index (χ3v) is 4.45. The van der Waals surface area contributed by atoms with Crippen molar-refractivity contribution in [3.8, 4) is 6.07 Å². The first kappa shape index (κ1) is 15.0. The van der Waals surface area contributed by atoms with Gasteiger partial charge < -0.3 is 5.73 Å². The molecule has 1 heterocycles.